The van der Waals surface area contributed by atoms with Crippen molar-refractivity contribution in [1.82, 2.24) is 4.57 Å². The summed E-state index contributed by atoms with van der Waals surface area (Å²) in [5, 5.41) is 11.0. The lowest BCUT2D eigenvalue weighted by Gasteiger charge is -2.11. The molecule has 3 rings (SSSR count). The number of rotatable bonds is 5. The standard InChI is InChI=1S/C18H20ClN2O2/c1-13-20(2)17-5-3-4-6-18(17)21(13)11-15(22)12-23-16-9-7-14(19)8-10-16/h3-10,15,22H,11-12H2,1-2H3/q+1. The monoisotopic (exact) mass is 331 g/mol. The van der Waals surface area contributed by atoms with Crippen molar-refractivity contribution in [1.29, 1.82) is 0 Å². The molecule has 1 heterocycles. The van der Waals surface area contributed by atoms with Crippen LogP contribution in [0.25, 0.3) is 11.0 Å². The molecule has 4 nitrogen and oxygen atoms in total. The fourth-order valence-corrected chi connectivity index (χ4v) is 2.85. The minimum absolute atomic E-state index is 0.233. The summed E-state index contributed by atoms with van der Waals surface area (Å²) in [5.74, 6) is 1.80. The van der Waals surface area contributed by atoms with Crippen LogP contribution in [0.3, 0.4) is 0 Å². The van der Waals surface area contributed by atoms with E-state index in [9.17, 15) is 5.11 Å². The first-order valence-corrected chi connectivity index (χ1v) is 7.94. The van der Waals surface area contributed by atoms with Gasteiger partial charge < -0.3 is 9.84 Å². The summed E-state index contributed by atoms with van der Waals surface area (Å²) in [5.41, 5.74) is 2.26. The fourth-order valence-electron chi connectivity index (χ4n) is 2.72. The lowest BCUT2D eigenvalue weighted by molar-refractivity contribution is -0.652. The molecule has 0 aliphatic heterocycles. The van der Waals surface area contributed by atoms with Crippen LogP contribution >= 0.6 is 11.6 Å². The molecule has 0 aliphatic rings. The lowest BCUT2D eigenvalue weighted by atomic mass is 10.3. The summed E-state index contributed by atoms with van der Waals surface area (Å²) in [7, 11) is 2.03. The number of fused-ring (bicyclic) bond motifs is 1. The minimum Gasteiger partial charge on any atom is -0.491 e. The zero-order valence-corrected chi connectivity index (χ0v) is 14.0. The highest BCUT2D eigenvalue weighted by Gasteiger charge is 2.21. The molecule has 0 spiro atoms. The Labute approximate surface area is 140 Å². The molecular formula is C18H20ClN2O2+. The molecule has 2 aromatic carbocycles. The maximum Gasteiger partial charge on any atom is 0.254 e. The number of aliphatic hydroxyl groups is 1. The van der Waals surface area contributed by atoms with E-state index in [1.807, 2.05) is 26.1 Å². The van der Waals surface area contributed by atoms with Gasteiger partial charge in [0.2, 0.25) is 0 Å². The Hall–Kier alpha value is -2.04. The van der Waals surface area contributed by atoms with Crippen LogP contribution in [0.5, 0.6) is 5.75 Å². The highest BCUT2D eigenvalue weighted by Crippen LogP contribution is 2.17. The number of aryl methyl sites for hydroxylation is 1. The van der Waals surface area contributed by atoms with Crippen LogP contribution in [0.1, 0.15) is 5.82 Å². The second kappa shape index (κ2) is 6.60. The van der Waals surface area contributed by atoms with Crippen molar-refractivity contribution in [2.75, 3.05) is 6.61 Å². The van der Waals surface area contributed by atoms with Gasteiger partial charge in [0.1, 0.15) is 25.0 Å². The van der Waals surface area contributed by atoms with E-state index < -0.39 is 6.10 Å². The quantitative estimate of drug-likeness (QED) is 0.730. The molecule has 23 heavy (non-hydrogen) atoms. The number of halogens is 1. The first kappa shape index (κ1) is 15.8. The smallest absolute Gasteiger partial charge is 0.254 e. The molecule has 1 aromatic heterocycles. The van der Waals surface area contributed by atoms with Crippen LogP contribution in [0.2, 0.25) is 5.02 Å². The predicted molar refractivity (Wildman–Crippen MR) is 90.8 cm³/mol. The molecule has 0 saturated heterocycles. The van der Waals surface area contributed by atoms with E-state index in [1.165, 1.54) is 0 Å². The molecule has 1 atom stereocenters. The molecule has 0 radical (unpaired) electrons. The van der Waals surface area contributed by atoms with Crippen molar-refractivity contribution < 1.29 is 14.4 Å². The Morgan fingerprint density at radius 3 is 2.61 bits per heavy atom. The molecule has 0 fully saturated rings. The summed E-state index contributed by atoms with van der Waals surface area (Å²) in [6.45, 7) is 2.77. The highest BCUT2D eigenvalue weighted by molar-refractivity contribution is 6.30. The van der Waals surface area contributed by atoms with Gasteiger partial charge in [-0.3, -0.25) is 0 Å². The number of benzene rings is 2. The Morgan fingerprint density at radius 1 is 1.17 bits per heavy atom. The molecule has 0 amide bonds. The summed E-state index contributed by atoms with van der Waals surface area (Å²) in [6, 6.07) is 15.3. The molecular weight excluding hydrogens is 312 g/mol. The van der Waals surface area contributed by atoms with Gasteiger partial charge in [-0.1, -0.05) is 23.7 Å². The van der Waals surface area contributed by atoms with Crippen molar-refractivity contribution >= 4 is 22.6 Å². The van der Waals surface area contributed by atoms with Gasteiger partial charge in [-0.05, 0) is 36.4 Å². The van der Waals surface area contributed by atoms with Crippen LogP contribution < -0.4 is 9.30 Å². The van der Waals surface area contributed by atoms with Crippen molar-refractivity contribution in [2.45, 2.75) is 19.6 Å². The van der Waals surface area contributed by atoms with E-state index in [1.54, 1.807) is 24.3 Å². The summed E-state index contributed by atoms with van der Waals surface area (Å²) < 4.78 is 9.87. The third-order valence-corrected chi connectivity index (χ3v) is 4.31. The van der Waals surface area contributed by atoms with Crippen molar-refractivity contribution in [3.8, 4) is 5.75 Å². The second-order valence-corrected chi connectivity index (χ2v) is 6.06. The van der Waals surface area contributed by atoms with Crippen LogP contribution in [-0.2, 0) is 13.6 Å². The van der Waals surface area contributed by atoms with E-state index in [0.29, 0.717) is 17.3 Å². The summed E-state index contributed by atoms with van der Waals surface area (Å²) in [6.07, 6.45) is -0.597. The van der Waals surface area contributed by atoms with E-state index >= 15 is 0 Å². The van der Waals surface area contributed by atoms with Crippen LogP contribution in [0.15, 0.2) is 48.5 Å². The van der Waals surface area contributed by atoms with E-state index in [2.05, 4.69) is 21.3 Å². The molecule has 1 unspecified atom stereocenters. The largest absolute Gasteiger partial charge is 0.491 e. The normalized spacial score (nSPS) is 12.5. The van der Waals surface area contributed by atoms with E-state index in [0.717, 1.165) is 16.9 Å². The van der Waals surface area contributed by atoms with Crippen molar-refractivity contribution in [3.63, 3.8) is 0 Å². The Kier molecular flexibility index (Phi) is 4.55. The van der Waals surface area contributed by atoms with Gasteiger partial charge in [-0.15, -0.1) is 0 Å². The Bertz CT molecular complexity index is 812. The molecule has 0 aliphatic carbocycles. The number of nitrogens with zero attached hydrogens (tertiary/aromatic N) is 2. The molecule has 0 bridgehead atoms. The maximum absolute atomic E-state index is 10.3. The minimum atomic E-state index is -0.597. The van der Waals surface area contributed by atoms with Gasteiger partial charge >= 0.3 is 0 Å². The van der Waals surface area contributed by atoms with Gasteiger partial charge in [0.15, 0.2) is 11.0 Å². The van der Waals surface area contributed by atoms with Gasteiger partial charge in [0.25, 0.3) is 5.82 Å². The number of aromatic nitrogens is 2. The topological polar surface area (TPSA) is 38.3 Å². The Morgan fingerprint density at radius 2 is 1.87 bits per heavy atom. The number of aliphatic hydroxyl groups excluding tert-OH is 1. The van der Waals surface area contributed by atoms with Crippen LogP contribution in [-0.4, -0.2) is 22.4 Å². The van der Waals surface area contributed by atoms with Gasteiger partial charge in [-0.2, -0.15) is 0 Å². The van der Waals surface area contributed by atoms with Crippen LogP contribution in [0.4, 0.5) is 0 Å². The third kappa shape index (κ3) is 3.33. The zero-order chi connectivity index (χ0) is 16.4. The molecule has 5 heteroatoms. The van der Waals surface area contributed by atoms with Crippen molar-refractivity contribution in [2.24, 2.45) is 7.05 Å². The van der Waals surface area contributed by atoms with Crippen molar-refractivity contribution in [3.05, 3.63) is 59.4 Å². The first-order valence-electron chi connectivity index (χ1n) is 7.56. The number of hydrogen-bond acceptors (Lipinski definition) is 2. The highest BCUT2D eigenvalue weighted by atomic mass is 35.5. The first-order chi connectivity index (χ1) is 11.1. The average molecular weight is 332 g/mol. The maximum atomic E-state index is 10.3. The van der Waals surface area contributed by atoms with E-state index in [-0.39, 0.29) is 6.61 Å². The SMILES string of the molecule is Cc1n(CC(O)COc2ccc(Cl)cc2)c2ccccc2[n+]1C. The van der Waals surface area contributed by atoms with Gasteiger partial charge in [-0.25, -0.2) is 9.13 Å². The fraction of sp³-hybridized carbons (Fsp3) is 0.278. The second-order valence-electron chi connectivity index (χ2n) is 5.62. The summed E-state index contributed by atoms with van der Waals surface area (Å²) >= 11 is 5.85. The van der Waals surface area contributed by atoms with Gasteiger partial charge in [0.05, 0.1) is 7.05 Å². The number of ether oxygens (including phenoxy) is 1. The number of imidazole rings is 1. The van der Waals surface area contributed by atoms with E-state index in [4.69, 9.17) is 16.3 Å². The zero-order valence-electron chi connectivity index (χ0n) is 13.2. The third-order valence-electron chi connectivity index (χ3n) is 4.06. The van der Waals surface area contributed by atoms with Gasteiger partial charge in [0, 0.05) is 11.9 Å². The molecule has 120 valence electrons. The number of hydrogen-bond donors (Lipinski definition) is 1. The lowest BCUT2D eigenvalue weighted by Crippen LogP contribution is -2.32. The van der Waals surface area contributed by atoms with Crippen LogP contribution in [0, 0.1) is 6.92 Å². The Balaban J connectivity index is 1.72. The molecule has 0 saturated carbocycles. The number of para-hydroxylation sites is 2. The molecule has 1 N–H and O–H groups in total. The average Bonchev–Trinajstić information content (AvgIpc) is 2.80. The summed E-state index contributed by atoms with van der Waals surface area (Å²) in [4.78, 5) is 0. The predicted octanol–water partition coefficient (Wildman–Crippen LogP) is 2.87. The molecule has 3 aromatic rings.